The maximum absolute atomic E-state index is 5.81. The Hall–Kier alpha value is -2.16. The van der Waals surface area contributed by atoms with Crippen LogP contribution in [0.4, 0.5) is 0 Å². The molecule has 3 heteroatoms. The number of rotatable bonds is 7. The minimum atomic E-state index is 0.598. The topological polar surface area (TPSA) is 27.7 Å². The molecule has 2 aromatic carbocycles. The van der Waals surface area contributed by atoms with Crippen LogP contribution in [0.5, 0.6) is 17.2 Å². The summed E-state index contributed by atoms with van der Waals surface area (Å²) < 4.78 is 17.2. The van der Waals surface area contributed by atoms with E-state index in [9.17, 15) is 0 Å². The van der Waals surface area contributed by atoms with Gasteiger partial charge in [0, 0.05) is 12.1 Å². The molecule has 0 saturated carbocycles. The van der Waals surface area contributed by atoms with Crippen LogP contribution in [-0.4, -0.2) is 19.8 Å². The summed E-state index contributed by atoms with van der Waals surface area (Å²) in [6, 6.07) is 14.0. The number of benzene rings is 2. The van der Waals surface area contributed by atoms with Gasteiger partial charge in [0.2, 0.25) is 0 Å². The lowest BCUT2D eigenvalue weighted by molar-refractivity contribution is 0.309. The van der Waals surface area contributed by atoms with Crippen LogP contribution < -0.4 is 14.2 Å². The molecule has 3 nitrogen and oxygen atoms in total. The molecule has 0 radical (unpaired) electrons. The fourth-order valence-electron chi connectivity index (χ4n) is 2.24. The average Bonchev–Trinajstić information content (AvgIpc) is 2.49. The number of ether oxygens (including phenoxy) is 3. The van der Waals surface area contributed by atoms with Crippen LogP contribution in [0.2, 0.25) is 0 Å². The first kappa shape index (κ1) is 15.2. The Bertz CT molecular complexity index is 537. The molecule has 2 aromatic rings. The average molecular weight is 286 g/mol. The van der Waals surface area contributed by atoms with Crippen LogP contribution in [0, 0.1) is 0 Å². The Kier molecular flexibility index (Phi) is 5.50. The quantitative estimate of drug-likeness (QED) is 0.747. The molecule has 0 atom stereocenters. The van der Waals surface area contributed by atoms with Gasteiger partial charge in [0.25, 0.3) is 0 Å². The highest BCUT2D eigenvalue weighted by atomic mass is 16.5. The van der Waals surface area contributed by atoms with Gasteiger partial charge in [-0.15, -0.1) is 0 Å². The van der Waals surface area contributed by atoms with Crippen LogP contribution in [0.25, 0.3) is 11.1 Å². The fraction of sp³-hybridized carbons (Fsp3) is 0.333. The zero-order chi connectivity index (χ0) is 15.1. The van der Waals surface area contributed by atoms with E-state index >= 15 is 0 Å². The van der Waals surface area contributed by atoms with Gasteiger partial charge in [-0.2, -0.15) is 0 Å². The lowest BCUT2D eigenvalue weighted by atomic mass is 10.0. The summed E-state index contributed by atoms with van der Waals surface area (Å²) in [5, 5.41) is 0. The second-order valence-electron chi connectivity index (χ2n) is 4.46. The second kappa shape index (κ2) is 7.58. The maximum atomic E-state index is 5.81. The minimum Gasteiger partial charge on any atom is -0.494 e. The van der Waals surface area contributed by atoms with E-state index in [1.807, 2.05) is 51.1 Å². The largest absolute Gasteiger partial charge is 0.494 e. The molecule has 0 aliphatic carbocycles. The molecule has 0 fully saturated rings. The monoisotopic (exact) mass is 286 g/mol. The van der Waals surface area contributed by atoms with E-state index in [0.717, 1.165) is 28.4 Å². The normalized spacial score (nSPS) is 10.2. The van der Waals surface area contributed by atoms with Crippen molar-refractivity contribution in [1.29, 1.82) is 0 Å². The number of hydrogen-bond acceptors (Lipinski definition) is 3. The Balaban J connectivity index is 2.57. The summed E-state index contributed by atoms with van der Waals surface area (Å²) in [6.07, 6.45) is 0. The molecule has 112 valence electrons. The third-order valence-electron chi connectivity index (χ3n) is 3.01. The van der Waals surface area contributed by atoms with Gasteiger partial charge in [0.05, 0.1) is 25.4 Å². The SMILES string of the molecule is CCOc1cc(OCC)c(-c2ccccc2)c(OCC)c1. The molecule has 0 bridgehead atoms. The van der Waals surface area contributed by atoms with Crippen molar-refractivity contribution in [3.63, 3.8) is 0 Å². The van der Waals surface area contributed by atoms with Crippen molar-refractivity contribution in [1.82, 2.24) is 0 Å². The first-order valence-corrected chi connectivity index (χ1v) is 7.42. The summed E-state index contributed by atoms with van der Waals surface area (Å²) >= 11 is 0. The Morgan fingerprint density at radius 1 is 0.714 bits per heavy atom. The molecule has 0 spiro atoms. The molecule has 0 unspecified atom stereocenters. The summed E-state index contributed by atoms with van der Waals surface area (Å²) in [5.41, 5.74) is 2.05. The molecular weight excluding hydrogens is 264 g/mol. The standard InChI is InChI=1S/C18H22O3/c1-4-19-15-12-16(20-5-2)18(17(13-15)21-6-3)14-10-8-7-9-11-14/h7-13H,4-6H2,1-3H3. The molecule has 2 rings (SSSR count). The van der Waals surface area contributed by atoms with Gasteiger partial charge in [-0.25, -0.2) is 0 Å². The molecule has 0 aliphatic rings. The lowest BCUT2D eigenvalue weighted by Crippen LogP contribution is -2.01. The molecule has 0 saturated heterocycles. The van der Waals surface area contributed by atoms with Crippen LogP contribution in [0.1, 0.15) is 20.8 Å². The van der Waals surface area contributed by atoms with E-state index in [2.05, 4.69) is 12.1 Å². The summed E-state index contributed by atoms with van der Waals surface area (Å²) in [5.74, 6) is 2.35. The van der Waals surface area contributed by atoms with Crippen molar-refractivity contribution in [2.45, 2.75) is 20.8 Å². The summed E-state index contributed by atoms with van der Waals surface area (Å²) in [4.78, 5) is 0. The van der Waals surface area contributed by atoms with Gasteiger partial charge in [-0.1, -0.05) is 30.3 Å². The highest BCUT2D eigenvalue weighted by Gasteiger charge is 2.15. The van der Waals surface area contributed by atoms with E-state index < -0.39 is 0 Å². The molecule has 0 aromatic heterocycles. The van der Waals surface area contributed by atoms with E-state index in [-0.39, 0.29) is 0 Å². The van der Waals surface area contributed by atoms with E-state index in [1.165, 1.54) is 0 Å². The van der Waals surface area contributed by atoms with Crippen LogP contribution in [-0.2, 0) is 0 Å². The van der Waals surface area contributed by atoms with E-state index in [4.69, 9.17) is 14.2 Å². The zero-order valence-electron chi connectivity index (χ0n) is 12.9. The van der Waals surface area contributed by atoms with Gasteiger partial charge >= 0.3 is 0 Å². The summed E-state index contributed by atoms with van der Waals surface area (Å²) in [6.45, 7) is 7.72. The van der Waals surface area contributed by atoms with E-state index in [0.29, 0.717) is 19.8 Å². The molecule has 0 amide bonds. The maximum Gasteiger partial charge on any atom is 0.134 e. The third kappa shape index (κ3) is 3.69. The predicted octanol–water partition coefficient (Wildman–Crippen LogP) is 4.55. The Labute approximate surface area is 126 Å². The second-order valence-corrected chi connectivity index (χ2v) is 4.46. The molecule has 21 heavy (non-hydrogen) atoms. The van der Waals surface area contributed by atoms with Gasteiger partial charge in [0.15, 0.2) is 0 Å². The van der Waals surface area contributed by atoms with Crippen LogP contribution in [0.15, 0.2) is 42.5 Å². The van der Waals surface area contributed by atoms with Crippen LogP contribution >= 0.6 is 0 Å². The van der Waals surface area contributed by atoms with Gasteiger partial charge in [-0.3, -0.25) is 0 Å². The first-order valence-electron chi connectivity index (χ1n) is 7.42. The molecule has 0 heterocycles. The van der Waals surface area contributed by atoms with Gasteiger partial charge < -0.3 is 14.2 Å². The smallest absolute Gasteiger partial charge is 0.134 e. The molecule has 0 aliphatic heterocycles. The van der Waals surface area contributed by atoms with Crippen molar-refractivity contribution in [2.24, 2.45) is 0 Å². The molecule has 0 N–H and O–H groups in total. The highest BCUT2D eigenvalue weighted by molar-refractivity contribution is 5.78. The Morgan fingerprint density at radius 3 is 1.71 bits per heavy atom. The fourth-order valence-corrected chi connectivity index (χ4v) is 2.24. The van der Waals surface area contributed by atoms with Crippen molar-refractivity contribution >= 4 is 0 Å². The van der Waals surface area contributed by atoms with Crippen molar-refractivity contribution in [2.75, 3.05) is 19.8 Å². The van der Waals surface area contributed by atoms with Crippen LogP contribution in [0.3, 0.4) is 0 Å². The lowest BCUT2D eigenvalue weighted by Gasteiger charge is -2.17. The highest BCUT2D eigenvalue weighted by Crippen LogP contribution is 2.42. The minimum absolute atomic E-state index is 0.598. The molecular formula is C18H22O3. The number of hydrogen-bond donors (Lipinski definition) is 0. The predicted molar refractivity (Wildman–Crippen MR) is 85.4 cm³/mol. The zero-order valence-corrected chi connectivity index (χ0v) is 12.9. The van der Waals surface area contributed by atoms with Crippen molar-refractivity contribution in [3.05, 3.63) is 42.5 Å². The Morgan fingerprint density at radius 2 is 1.24 bits per heavy atom. The third-order valence-corrected chi connectivity index (χ3v) is 3.01. The summed E-state index contributed by atoms with van der Waals surface area (Å²) in [7, 11) is 0. The first-order chi connectivity index (χ1) is 10.3. The van der Waals surface area contributed by atoms with Crippen molar-refractivity contribution in [3.8, 4) is 28.4 Å². The van der Waals surface area contributed by atoms with Gasteiger partial charge in [-0.05, 0) is 26.3 Å². The van der Waals surface area contributed by atoms with Crippen molar-refractivity contribution < 1.29 is 14.2 Å². The van der Waals surface area contributed by atoms with E-state index in [1.54, 1.807) is 0 Å². The van der Waals surface area contributed by atoms with Gasteiger partial charge in [0.1, 0.15) is 17.2 Å².